The molecule has 2 aromatic heterocycles. The quantitative estimate of drug-likeness (QED) is 0.239. The van der Waals surface area contributed by atoms with E-state index in [0.717, 1.165) is 33.2 Å². The van der Waals surface area contributed by atoms with E-state index in [9.17, 15) is 14.4 Å². The molecule has 0 aliphatic rings. The molecular formula is C31H37N5O4. The van der Waals surface area contributed by atoms with Crippen molar-refractivity contribution < 1.29 is 19.5 Å². The number of amides is 2. The Balaban J connectivity index is 1.59. The number of hydrogen-bond donors (Lipinski definition) is 3. The van der Waals surface area contributed by atoms with Crippen LogP contribution in [0.25, 0.3) is 10.9 Å². The molecule has 2 aromatic carbocycles. The zero-order chi connectivity index (χ0) is 29.0. The fraction of sp³-hybridized carbons (Fsp3) is 0.355. The Morgan fingerprint density at radius 2 is 1.80 bits per heavy atom. The molecule has 2 amide bonds. The Bertz CT molecular complexity index is 1550. The van der Waals surface area contributed by atoms with Crippen molar-refractivity contribution in [2.75, 3.05) is 5.32 Å². The summed E-state index contributed by atoms with van der Waals surface area (Å²) in [5, 5.41) is 20.4. The van der Waals surface area contributed by atoms with Gasteiger partial charge in [0.05, 0.1) is 12.7 Å². The first-order valence-corrected chi connectivity index (χ1v) is 13.6. The highest BCUT2D eigenvalue weighted by Gasteiger charge is 2.20. The first-order chi connectivity index (χ1) is 19.0. The minimum atomic E-state index is -0.843. The number of fused-ring (bicyclic) bond motifs is 1. The number of anilines is 1. The van der Waals surface area contributed by atoms with Crippen LogP contribution in [0, 0.1) is 13.8 Å². The van der Waals surface area contributed by atoms with E-state index in [2.05, 4.69) is 15.7 Å². The summed E-state index contributed by atoms with van der Waals surface area (Å²) < 4.78 is 3.76. The molecule has 0 saturated carbocycles. The molecule has 9 nitrogen and oxygen atoms in total. The monoisotopic (exact) mass is 543 g/mol. The van der Waals surface area contributed by atoms with Crippen LogP contribution in [0.5, 0.6) is 0 Å². The molecular weight excluding hydrogens is 506 g/mol. The van der Waals surface area contributed by atoms with Gasteiger partial charge in [-0.05, 0) is 94.0 Å². The van der Waals surface area contributed by atoms with Gasteiger partial charge in [-0.2, -0.15) is 5.10 Å². The lowest BCUT2D eigenvalue weighted by Gasteiger charge is -2.18. The number of nitrogens with zero attached hydrogens (tertiary/aromatic N) is 3. The van der Waals surface area contributed by atoms with E-state index in [1.807, 2.05) is 86.6 Å². The molecule has 0 aliphatic heterocycles. The number of rotatable bonds is 11. The lowest BCUT2D eigenvalue weighted by Crippen LogP contribution is -2.30. The molecule has 0 aliphatic carbocycles. The maximum atomic E-state index is 13.6. The Morgan fingerprint density at radius 3 is 2.48 bits per heavy atom. The third-order valence-electron chi connectivity index (χ3n) is 6.89. The molecule has 3 N–H and O–H groups in total. The van der Waals surface area contributed by atoms with Crippen molar-refractivity contribution in [3.05, 3.63) is 82.8 Å². The number of carbonyl (C=O) groups excluding carboxylic acids is 2. The second-order valence-electron chi connectivity index (χ2n) is 10.7. The predicted molar refractivity (Wildman–Crippen MR) is 156 cm³/mol. The maximum absolute atomic E-state index is 13.6. The average molecular weight is 544 g/mol. The van der Waals surface area contributed by atoms with Crippen LogP contribution in [-0.4, -0.2) is 43.3 Å². The predicted octanol–water partition coefficient (Wildman–Crippen LogP) is 5.25. The topological polar surface area (TPSA) is 118 Å². The number of carboxylic acid groups (broad SMARTS) is 1. The summed E-state index contributed by atoms with van der Waals surface area (Å²) in [6, 6.07) is 10.9. The van der Waals surface area contributed by atoms with Crippen molar-refractivity contribution in [3.63, 3.8) is 0 Å². The number of carboxylic acids is 1. The highest BCUT2D eigenvalue weighted by molar-refractivity contribution is 6.00. The second-order valence-corrected chi connectivity index (χ2v) is 10.7. The normalized spacial score (nSPS) is 12.1. The van der Waals surface area contributed by atoms with Crippen molar-refractivity contribution in [1.82, 2.24) is 19.7 Å². The summed E-state index contributed by atoms with van der Waals surface area (Å²) in [4.78, 5) is 37.2. The zero-order valence-electron chi connectivity index (χ0n) is 23.7. The summed E-state index contributed by atoms with van der Waals surface area (Å²) in [6.45, 7) is 10.2. The van der Waals surface area contributed by atoms with Gasteiger partial charge in [0.15, 0.2) is 0 Å². The summed E-state index contributed by atoms with van der Waals surface area (Å²) in [6.07, 6.45) is 6.75. The number of nitrogens with one attached hydrogen (secondary N) is 2. The first-order valence-electron chi connectivity index (χ1n) is 13.6. The number of aliphatic carboxylic acids is 1. The van der Waals surface area contributed by atoms with Crippen molar-refractivity contribution in [2.24, 2.45) is 0 Å². The first kappa shape index (κ1) is 28.6. The Hall–Kier alpha value is -4.40. The van der Waals surface area contributed by atoms with Crippen LogP contribution in [-0.2, 0) is 22.6 Å². The van der Waals surface area contributed by atoms with Gasteiger partial charge in [0, 0.05) is 47.0 Å². The third-order valence-corrected chi connectivity index (χ3v) is 6.89. The van der Waals surface area contributed by atoms with Gasteiger partial charge in [0.1, 0.15) is 6.04 Å². The molecule has 1 unspecified atom stereocenters. The minimum absolute atomic E-state index is 0.0359. The molecule has 1 atom stereocenters. The maximum Gasteiger partial charge on any atom is 0.303 e. The molecule has 40 heavy (non-hydrogen) atoms. The van der Waals surface area contributed by atoms with Crippen LogP contribution in [0.15, 0.2) is 55.0 Å². The fourth-order valence-corrected chi connectivity index (χ4v) is 4.82. The molecule has 4 aromatic rings. The van der Waals surface area contributed by atoms with E-state index in [4.69, 9.17) is 5.11 Å². The third kappa shape index (κ3) is 6.77. The number of benzene rings is 2. The Kier molecular flexibility index (Phi) is 8.72. The van der Waals surface area contributed by atoms with Crippen molar-refractivity contribution in [3.8, 4) is 0 Å². The van der Waals surface area contributed by atoms with Gasteiger partial charge in [-0.1, -0.05) is 12.1 Å². The summed E-state index contributed by atoms with van der Waals surface area (Å²) >= 11 is 0. The average Bonchev–Trinajstić information content (AvgIpc) is 3.46. The summed E-state index contributed by atoms with van der Waals surface area (Å²) in [5.41, 5.74) is 6.01. The van der Waals surface area contributed by atoms with Gasteiger partial charge < -0.3 is 20.3 Å². The van der Waals surface area contributed by atoms with E-state index >= 15 is 0 Å². The summed E-state index contributed by atoms with van der Waals surface area (Å²) in [7, 11) is 0. The molecule has 0 saturated heterocycles. The fourth-order valence-electron chi connectivity index (χ4n) is 4.82. The standard InChI is InChI=1S/C31H37N5O4/c1-19(2)33-31(40)25-11-12-28-26(14-25)21(4)17-36(28)22(5)30(39)34-27-13-23(18-35-16-20(3)15-32-35)9-10-24(27)7-6-8-29(37)38/h9-17,19,22H,6-8,18H2,1-5H3,(H,33,40)(H,34,39)(H,37,38). The van der Waals surface area contributed by atoms with E-state index in [-0.39, 0.29) is 24.3 Å². The van der Waals surface area contributed by atoms with Crippen molar-refractivity contribution in [2.45, 2.75) is 72.5 Å². The smallest absolute Gasteiger partial charge is 0.303 e. The van der Waals surface area contributed by atoms with E-state index in [0.29, 0.717) is 30.6 Å². The number of aromatic nitrogens is 3. The van der Waals surface area contributed by atoms with E-state index < -0.39 is 12.0 Å². The van der Waals surface area contributed by atoms with Crippen LogP contribution in [0.4, 0.5) is 5.69 Å². The second kappa shape index (κ2) is 12.2. The van der Waals surface area contributed by atoms with Gasteiger partial charge in [-0.25, -0.2) is 0 Å². The highest BCUT2D eigenvalue weighted by Crippen LogP contribution is 2.28. The molecule has 0 bridgehead atoms. The van der Waals surface area contributed by atoms with Crippen molar-refractivity contribution >= 4 is 34.4 Å². The van der Waals surface area contributed by atoms with E-state index in [1.54, 1.807) is 12.3 Å². The van der Waals surface area contributed by atoms with Gasteiger partial charge >= 0.3 is 5.97 Å². The van der Waals surface area contributed by atoms with Crippen LogP contribution in [0.2, 0.25) is 0 Å². The SMILES string of the molecule is Cc1cnn(Cc2ccc(CCCC(=O)O)c(NC(=O)C(C)n3cc(C)c4cc(C(=O)NC(C)C)ccc43)c2)c1. The van der Waals surface area contributed by atoms with Crippen LogP contribution >= 0.6 is 0 Å². The lowest BCUT2D eigenvalue weighted by atomic mass is 10.0. The van der Waals surface area contributed by atoms with Gasteiger partial charge in [0.25, 0.3) is 5.91 Å². The Morgan fingerprint density at radius 1 is 1.02 bits per heavy atom. The van der Waals surface area contributed by atoms with E-state index in [1.165, 1.54) is 0 Å². The molecule has 9 heteroatoms. The van der Waals surface area contributed by atoms with Crippen LogP contribution < -0.4 is 10.6 Å². The Labute approximate surface area is 234 Å². The van der Waals surface area contributed by atoms with Crippen LogP contribution in [0.3, 0.4) is 0 Å². The number of carbonyl (C=O) groups is 3. The number of aryl methyl sites for hydroxylation is 3. The molecule has 210 valence electrons. The van der Waals surface area contributed by atoms with Gasteiger partial charge in [0.2, 0.25) is 5.91 Å². The largest absolute Gasteiger partial charge is 0.481 e. The van der Waals surface area contributed by atoms with Crippen molar-refractivity contribution in [1.29, 1.82) is 0 Å². The molecule has 0 radical (unpaired) electrons. The van der Waals surface area contributed by atoms with Crippen LogP contribution in [0.1, 0.15) is 72.3 Å². The molecule has 4 rings (SSSR count). The summed E-state index contributed by atoms with van der Waals surface area (Å²) in [5.74, 6) is -1.16. The van der Waals surface area contributed by atoms with Gasteiger partial charge in [-0.15, -0.1) is 0 Å². The lowest BCUT2D eigenvalue weighted by molar-refractivity contribution is -0.137. The highest BCUT2D eigenvalue weighted by atomic mass is 16.4. The molecule has 0 spiro atoms. The zero-order valence-corrected chi connectivity index (χ0v) is 23.7. The van der Waals surface area contributed by atoms with Gasteiger partial charge in [-0.3, -0.25) is 19.1 Å². The molecule has 2 heterocycles. The number of hydrogen-bond acceptors (Lipinski definition) is 4. The molecule has 0 fully saturated rings. The minimum Gasteiger partial charge on any atom is -0.481 e.